The van der Waals surface area contributed by atoms with Gasteiger partial charge in [-0.1, -0.05) is 48.1 Å². The summed E-state index contributed by atoms with van der Waals surface area (Å²) in [5, 5.41) is 6.18. The molecule has 1 aliphatic rings. The molecule has 2 N–H and O–H groups in total. The van der Waals surface area contributed by atoms with Gasteiger partial charge in [-0.15, -0.1) is 10.2 Å². The predicted octanol–water partition coefficient (Wildman–Crippen LogP) is 4.07. The molecule has 2 aromatic heterocycles. The number of hydrogen-bond acceptors (Lipinski definition) is 6. The molecule has 3 aromatic rings. The topological polar surface area (TPSA) is 77.6 Å². The van der Waals surface area contributed by atoms with Crippen molar-refractivity contribution in [2.45, 2.75) is 30.9 Å². The number of anilines is 1. The van der Waals surface area contributed by atoms with E-state index in [-0.39, 0.29) is 11.0 Å². The van der Waals surface area contributed by atoms with Crippen LogP contribution in [-0.4, -0.2) is 20.2 Å². The first-order chi connectivity index (χ1) is 12.4. The first-order valence-electron chi connectivity index (χ1n) is 8.00. The summed E-state index contributed by atoms with van der Waals surface area (Å²) in [6.07, 6.45) is -0.404. The standard InChI is InChI=1S/C17H14F3N5S/c18-17(19,20)14-25-24-13(26-14)11-9-22-15(21)23-12(11)16(7-4-8-16)10-5-2-1-3-6-10/h1-3,5-6,9H,4,7-8H2,(H2,21,22,23). The van der Waals surface area contributed by atoms with Crippen molar-refractivity contribution in [2.75, 3.05) is 5.73 Å². The molecule has 0 atom stereocenters. The number of rotatable bonds is 3. The van der Waals surface area contributed by atoms with Crippen molar-refractivity contribution in [2.24, 2.45) is 0 Å². The minimum atomic E-state index is -4.53. The van der Waals surface area contributed by atoms with Crippen molar-refractivity contribution >= 4 is 17.3 Å². The third-order valence-electron chi connectivity index (χ3n) is 4.69. The number of nitrogen functional groups attached to an aromatic ring is 1. The van der Waals surface area contributed by atoms with Gasteiger partial charge in [0.2, 0.25) is 11.0 Å². The average Bonchev–Trinajstić information content (AvgIpc) is 3.05. The summed E-state index contributed by atoms with van der Waals surface area (Å²) >= 11 is 0.491. The van der Waals surface area contributed by atoms with E-state index in [1.165, 1.54) is 6.20 Å². The number of halogens is 3. The van der Waals surface area contributed by atoms with Gasteiger partial charge in [0.1, 0.15) is 0 Å². The number of nitrogens with two attached hydrogens (primary N) is 1. The maximum Gasteiger partial charge on any atom is 0.445 e. The molecular formula is C17H14F3N5S. The molecule has 0 aliphatic heterocycles. The average molecular weight is 377 g/mol. The summed E-state index contributed by atoms with van der Waals surface area (Å²) in [7, 11) is 0. The molecule has 1 fully saturated rings. The van der Waals surface area contributed by atoms with E-state index in [4.69, 9.17) is 5.73 Å². The summed E-state index contributed by atoms with van der Waals surface area (Å²) in [4.78, 5) is 8.39. The predicted molar refractivity (Wildman–Crippen MR) is 91.4 cm³/mol. The number of benzene rings is 1. The minimum absolute atomic E-state index is 0.0894. The molecule has 0 saturated heterocycles. The molecule has 26 heavy (non-hydrogen) atoms. The van der Waals surface area contributed by atoms with Gasteiger partial charge in [0.05, 0.1) is 11.3 Å². The molecule has 2 heterocycles. The highest BCUT2D eigenvalue weighted by Crippen LogP contribution is 2.51. The Labute approximate surface area is 151 Å². The van der Waals surface area contributed by atoms with E-state index in [1.54, 1.807) is 0 Å². The maximum atomic E-state index is 12.9. The number of nitrogens with zero attached hydrogens (tertiary/aromatic N) is 4. The summed E-state index contributed by atoms with van der Waals surface area (Å²) < 4.78 is 38.7. The second-order valence-corrected chi connectivity index (χ2v) is 7.18. The molecule has 0 unspecified atom stereocenters. The Hall–Kier alpha value is -2.55. The largest absolute Gasteiger partial charge is 0.445 e. The van der Waals surface area contributed by atoms with Crippen molar-refractivity contribution in [1.82, 2.24) is 20.2 Å². The highest BCUT2D eigenvalue weighted by molar-refractivity contribution is 7.14. The molecule has 0 amide bonds. The molecule has 5 nitrogen and oxygen atoms in total. The Morgan fingerprint density at radius 2 is 1.81 bits per heavy atom. The van der Waals surface area contributed by atoms with Crippen LogP contribution in [0, 0.1) is 0 Å². The van der Waals surface area contributed by atoms with Crippen LogP contribution in [0.25, 0.3) is 10.6 Å². The Kier molecular flexibility index (Phi) is 3.91. The molecule has 1 saturated carbocycles. The van der Waals surface area contributed by atoms with Crippen LogP contribution in [0.4, 0.5) is 19.1 Å². The molecule has 134 valence electrons. The molecule has 0 spiro atoms. The maximum absolute atomic E-state index is 12.9. The van der Waals surface area contributed by atoms with Gasteiger partial charge in [-0.05, 0) is 18.4 Å². The lowest BCUT2D eigenvalue weighted by molar-refractivity contribution is -0.138. The van der Waals surface area contributed by atoms with E-state index in [0.717, 1.165) is 24.8 Å². The molecular weight excluding hydrogens is 363 g/mol. The van der Waals surface area contributed by atoms with Gasteiger partial charge in [0.25, 0.3) is 0 Å². The SMILES string of the molecule is Nc1ncc(-c2nnc(C(F)(F)F)s2)c(C2(c3ccccc3)CCC2)n1. The van der Waals surface area contributed by atoms with Gasteiger partial charge in [0, 0.05) is 11.6 Å². The van der Waals surface area contributed by atoms with Crippen molar-refractivity contribution < 1.29 is 13.2 Å². The molecule has 1 aliphatic carbocycles. The smallest absolute Gasteiger partial charge is 0.368 e. The highest BCUT2D eigenvalue weighted by Gasteiger charge is 2.44. The molecule has 4 rings (SSSR count). The Bertz CT molecular complexity index is 935. The zero-order valence-corrected chi connectivity index (χ0v) is 14.3. The number of alkyl halides is 3. The fourth-order valence-electron chi connectivity index (χ4n) is 3.31. The van der Waals surface area contributed by atoms with Crippen LogP contribution >= 0.6 is 11.3 Å². The van der Waals surface area contributed by atoms with Gasteiger partial charge >= 0.3 is 6.18 Å². The quantitative estimate of drug-likeness (QED) is 0.745. The fourth-order valence-corrected chi connectivity index (χ4v) is 4.03. The monoisotopic (exact) mass is 377 g/mol. The van der Waals surface area contributed by atoms with Crippen LogP contribution in [0.3, 0.4) is 0 Å². The van der Waals surface area contributed by atoms with E-state index < -0.39 is 16.6 Å². The summed E-state index contributed by atoms with van der Waals surface area (Å²) in [5.41, 5.74) is 7.54. The van der Waals surface area contributed by atoms with E-state index in [1.807, 2.05) is 30.3 Å². The lowest BCUT2D eigenvalue weighted by Gasteiger charge is -2.42. The fraction of sp³-hybridized carbons (Fsp3) is 0.294. The number of hydrogen-bond donors (Lipinski definition) is 1. The van der Waals surface area contributed by atoms with Gasteiger partial charge < -0.3 is 5.73 Å². The van der Waals surface area contributed by atoms with Crippen molar-refractivity contribution in [3.8, 4) is 10.6 Å². The van der Waals surface area contributed by atoms with Crippen molar-refractivity contribution in [3.63, 3.8) is 0 Å². The van der Waals surface area contributed by atoms with Crippen LogP contribution in [0.2, 0.25) is 0 Å². The van der Waals surface area contributed by atoms with Crippen LogP contribution in [0.5, 0.6) is 0 Å². The minimum Gasteiger partial charge on any atom is -0.368 e. The third kappa shape index (κ3) is 2.72. The highest BCUT2D eigenvalue weighted by atomic mass is 32.1. The normalized spacial score (nSPS) is 16.3. The van der Waals surface area contributed by atoms with Crippen molar-refractivity contribution in [1.29, 1.82) is 0 Å². The Balaban J connectivity index is 1.87. The lowest BCUT2D eigenvalue weighted by atomic mass is 9.61. The third-order valence-corrected chi connectivity index (χ3v) is 5.69. The van der Waals surface area contributed by atoms with Crippen LogP contribution in [0.1, 0.15) is 35.5 Å². The number of aromatic nitrogens is 4. The Morgan fingerprint density at radius 3 is 2.38 bits per heavy atom. The summed E-state index contributed by atoms with van der Waals surface area (Å²) in [6.45, 7) is 0. The first-order valence-corrected chi connectivity index (χ1v) is 8.81. The zero-order valence-electron chi connectivity index (χ0n) is 13.5. The second kappa shape index (κ2) is 6.01. The summed E-state index contributed by atoms with van der Waals surface area (Å²) in [5.74, 6) is 0.0894. The van der Waals surface area contributed by atoms with E-state index in [2.05, 4.69) is 20.2 Å². The van der Waals surface area contributed by atoms with E-state index in [9.17, 15) is 13.2 Å². The Morgan fingerprint density at radius 1 is 1.08 bits per heavy atom. The molecule has 9 heteroatoms. The van der Waals surface area contributed by atoms with Gasteiger partial charge in [0.15, 0.2) is 5.01 Å². The second-order valence-electron chi connectivity index (χ2n) is 6.20. The molecule has 0 bridgehead atoms. The van der Waals surface area contributed by atoms with Gasteiger partial charge in [-0.3, -0.25) is 0 Å². The first kappa shape index (κ1) is 16.9. The van der Waals surface area contributed by atoms with Gasteiger partial charge in [-0.25, -0.2) is 9.97 Å². The van der Waals surface area contributed by atoms with E-state index in [0.29, 0.717) is 22.6 Å². The van der Waals surface area contributed by atoms with Crippen LogP contribution in [-0.2, 0) is 11.6 Å². The molecule has 1 aromatic carbocycles. The van der Waals surface area contributed by atoms with E-state index >= 15 is 0 Å². The molecule has 0 radical (unpaired) electrons. The summed E-state index contributed by atoms with van der Waals surface area (Å²) in [6, 6.07) is 9.80. The van der Waals surface area contributed by atoms with Gasteiger partial charge in [-0.2, -0.15) is 13.2 Å². The van der Waals surface area contributed by atoms with Crippen molar-refractivity contribution in [3.05, 3.63) is 52.8 Å². The van der Waals surface area contributed by atoms with Crippen LogP contribution < -0.4 is 5.73 Å². The zero-order chi connectivity index (χ0) is 18.4. The lowest BCUT2D eigenvalue weighted by Crippen LogP contribution is -2.37. The van der Waals surface area contributed by atoms with Crippen LogP contribution in [0.15, 0.2) is 36.5 Å².